The topological polar surface area (TPSA) is 54.9 Å². The van der Waals surface area contributed by atoms with E-state index in [4.69, 9.17) is 0 Å². The van der Waals surface area contributed by atoms with E-state index in [-0.39, 0.29) is 6.54 Å². The molecule has 0 radical (unpaired) electrons. The zero-order valence-corrected chi connectivity index (χ0v) is 9.32. The third-order valence-corrected chi connectivity index (χ3v) is 2.53. The summed E-state index contributed by atoms with van der Waals surface area (Å²) in [6.45, 7) is 0.194. The van der Waals surface area contributed by atoms with Crippen LogP contribution >= 0.6 is 0 Å². The van der Waals surface area contributed by atoms with E-state index in [2.05, 4.69) is 5.10 Å². The molecule has 0 aliphatic carbocycles. The Morgan fingerprint density at radius 2 is 1.89 bits per heavy atom. The lowest BCUT2D eigenvalue weighted by molar-refractivity contribution is 0.505. The van der Waals surface area contributed by atoms with Crippen molar-refractivity contribution in [2.45, 2.75) is 13.0 Å². The summed E-state index contributed by atoms with van der Waals surface area (Å²) in [5, 5.41) is 2.61. The molecule has 0 aliphatic rings. The number of halogens is 2. The molecule has 1 N–H and O–H groups in total. The van der Waals surface area contributed by atoms with Crippen LogP contribution in [0, 0.1) is 11.6 Å². The van der Waals surface area contributed by atoms with Crippen molar-refractivity contribution in [3.63, 3.8) is 0 Å². The van der Waals surface area contributed by atoms with E-state index < -0.39 is 22.6 Å². The first kappa shape index (κ1) is 12.2. The maximum Gasteiger partial charge on any atom is 0.312 e. The number of aromatic nitrogens is 2. The van der Waals surface area contributed by atoms with Gasteiger partial charge in [-0.3, -0.25) is 9.59 Å². The fraction of sp³-hybridized carbons (Fsp3) is 0.167. The van der Waals surface area contributed by atoms with Gasteiger partial charge in [-0.05, 0) is 24.1 Å². The second-order valence-corrected chi connectivity index (χ2v) is 3.78. The number of hydrogen-bond donors (Lipinski definition) is 1. The molecule has 6 heteroatoms. The minimum absolute atomic E-state index is 0.194. The number of rotatable bonds is 3. The highest BCUT2D eigenvalue weighted by atomic mass is 19.2. The van der Waals surface area contributed by atoms with Crippen molar-refractivity contribution >= 4 is 0 Å². The van der Waals surface area contributed by atoms with E-state index >= 15 is 0 Å². The van der Waals surface area contributed by atoms with E-state index in [9.17, 15) is 18.4 Å². The highest BCUT2D eigenvalue weighted by molar-refractivity contribution is 5.17. The number of nitrogens with one attached hydrogen (secondary N) is 1. The molecule has 0 fully saturated rings. The fourth-order valence-corrected chi connectivity index (χ4v) is 1.57. The van der Waals surface area contributed by atoms with Gasteiger partial charge in [0, 0.05) is 18.8 Å². The van der Waals surface area contributed by atoms with Gasteiger partial charge in [-0.2, -0.15) is 0 Å². The molecule has 4 nitrogen and oxygen atoms in total. The summed E-state index contributed by atoms with van der Waals surface area (Å²) < 4.78 is 26.8. The number of nitrogens with zero attached hydrogens (tertiary/aromatic N) is 1. The van der Waals surface area contributed by atoms with Gasteiger partial charge in [-0.25, -0.2) is 13.5 Å². The Labute approximate surface area is 100 Å². The molecular weight excluding hydrogens is 242 g/mol. The van der Waals surface area contributed by atoms with Crippen molar-refractivity contribution in [2.75, 3.05) is 0 Å². The quantitative estimate of drug-likeness (QED) is 0.830. The van der Waals surface area contributed by atoms with Crippen molar-refractivity contribution in [1.29, 1.82) is 0 Å². The third-order valence-electron chi connectivity index (χ3n) is 2.53. The molecule has 2 rings (SSSR count). The maximum atomic E-state index is 12.9. The smallest absolute Gasteiger partial charge is 0.303 e. The second kappa shape index (κ2) is 4.95. The van der Waals surface area contributed by atoms with Gasteiger partial charge >= 0.3 is 5.56 Å². The molecule has 1 heterocycles. The Kier molecular flexibility index (Phi) is 3.36. The molecule has 2 aromatic rings. The van der Waals surface area contributed by atoms with Gasteiger partial charge < -0.3 is 5.10 Å². The highest BCUT2D eigenvalue weighted by Crippen LogP contribution is 2.09. The molecule has 1 aromatic carbocycles. The standard InChI is InChI=1S/C12H10F2N2O2/c13-9-2-1-8(7-10(9)14)4-6-16-12(18)11(17)3-5-15-16/h1-3,5,7,15H,4,6H2. The Morgan fingerprint density at radius 1 is 1.11 bits per heavy atom. The number of aromatic amines is 1. The van der Waals surface area contributed by atoms with Gasteiger partial charge in [0.05, 0.1) is 0 Å². The van der Waals surface area contributed by atoms with Crippen LogP contribution in [0.1, 0.15) is 5.56 Å². The van der Waals surface area contributed by atoms with Gasteiger partial charge in [-0.1, -0.05) is 6.07 Å². The summed E-state index contributed by atoms with van der Waals surface area (Å²) in [6, 6.07) is 4.67. The van der Waals surface area contributed by atoms with Crippen LogP contribution in [0.2, 0.25) is 0 Å². The first-order chi connectivity index (χ1) is 8.58. The van der Waals surface area contributed by atoms with Gasteiger partial charge in [0.15, 0.2) is 11.6 Å². The Hall–Kier alpha value is -2.24. The number of benzene rings is 1. The monoisotopic (exact) mass is 252 g/mol. The van der Waals surface area contributed by atoms with Crippen LogP contribution in [0.15, 0.2) is 40.1 Å². The van der Waals surface area contributed by atoms with E-state index in [1.165, 1.54) is 12.3 Å². The summed E-state index contributed by atoms with van der Waals surface area (Å²) in [7, 11) is 0. The third kappa shape index (κ3) is 2.53. The van der Waals surface area contributed by atoms with Crippen LogP contribution in [0.3, 0.4) is 0 Å². The average molecular weight is 252 g/mol. The van der Waals surface area contributed by atoms with Gasteiger partial charge in [0.2, 0.25) is 5.43 Å². The molecule has 1 aromatic heterocycles. The summed E-state index contributed by atoms with van der Waals surface area (Å²) in [5.74, 6) is -1.84. The zero-order valence-electron chi connectivity index (χ0n) is 9.32. The summed E-state index contributed by atoms with van der Waals surface area (Å²) in [6.07, 6.45) is 1.67. The lowest BCUT2D eigenvalue weighted by Gasteiger charge is -2.05. The average Bonchev–Trinajstić information content (AvgIpc) is 2.35. The normalized spacial score (nSPS) is 10.6. The summed E-state index contributed by atoms with van der Waals surface area (Å²) in [4.78, 5) is 22.5. The molecule has 0 saturated heterocycles. The van der Waals surface area contributed by atoms with Crippen LogP contribution in [-0.4, -0.2) is 9.78 Å². The van der Waals surface area contributed by atoms with Crippen molar-refractivity contribution in [1.82, 2.24) is 9.78 Å². The van der Waals surface area contributed by atoms with Crippen molar-refractivity contribution < 1.29 is 8.78 Å². The summed E-state index contributed by atoms with van der Waals surface area (Å²) in [5.41, 5.74) is -0.732. The van der Waals surface area contributed by atoms with E-state index in [0.717, 1.165) is 22.9 Å². The van der Waals surface area contributed by atoms with Gasteiger partial charge in [0.1, 0.15) is 0 Å². The molecular formula is C12H10F2N2O2. The lowest BCUT2D eigenvalue weighted by atomic mass is 10.1. The molecule has 94 valence electrons. The van der Waals surface area contributed by atoms with Gasteiger partial charge in [-0.15, -0.1) is 0 Å². The zero-order chi connectivity index (χ0) is 13.1. The Bertz CT molecular complexity index is 676. The predicted molar refractivity (Wildman–Crippen MR) is 61.4 cm³/mol. The lowest BCUT2D eigenvalue weighted by Crippen LogP contribution is -2.35. The second-order valence-electron chi connectivity index (χ2n) is 3.78. The first-order valence-electron chi connectivity index (χ1n) is 5.30. The number of H-pyrrole nitrogens is 1. The molecule has 18 heavy (non-hydrogen) atoms. The van der Waals surface area contributed by atoms with Crippen LogP contribution in [0.25, 0.3) is 0 Å². The van der Waals surface area contributed by atoms with Crippen molar-refractivity contribution in [3.05, 3.63) is 68.2 Å². The molecule has 0 spiro atoms. The minimum Gasteiger partial charge on any atom is -0.303 e. The summed E-state index contributed by atoms with van der Waals surface area (Å²) >= 11 is 0. The van der Waals surface area contributed by atoms with Gasteiger partial charge in [0.25, 0.3) is 0 Å². The van der Waals surface area contributed by atoms with Crippen LogP contribution in [-0.2, 0) is 13.0 Å². The van der Waals surface area contributed by atoms with Crippen molar-refractivity contribution in [2.24, 2.45) is 0 Å². The van der Waals surface area contributed by atoms with E-state index in [0.29, 0.717) is 12.0 Å². The molecule has 0 atom stereocenters. The SMILES string of the molecule is O=c1cc[nH]n(CCc2ccc(F)c(F)c2)c1=O. The van der Waals surface area contributed by atoms with E-state index in [1.807, 2.05) is 0 Å². The largest absolute Gasteiger partial charge is 0.312 e. The maximum absolute atomic E-state index is 12.9. The molecule has 0 unspecified atom stereocenters. The van der Waals surface area contributed by atoms with Crippen LogP contribution in [0.4, 0.5) is 8.78 Å². The van der Waals surface area contributed by atoms with Crippen molar-refractivity contribution in [3.8, 4) is 0 Å². The minimum atomic E-state index is -0.929. The number of aryl methyl sites for hydroxylation is 2. The fourth-order valence-electron chi connectivity index (χ4n) is 1.57. The molecule has 0 amide bonds. The molecule has 0 saturated carbocycles. The van der Waals surface area contributed by atoms with Crippen LogP contribution in [0.5, 0.6) is 0 Å². The van der Waals surface area contributed by atoms with E-state index in [1.54, 1.807) is 0 Å². The number of hydrogen-bond acceptors (Lipinski definition) is 2. The first-order valence-corrected chi connectivity index (χ1v) is 5.30. The Morgan fingerprint density at radius 3 is 2.61 bits per heavy atom. The Balaban J connectivity index is 2.16. The highest BCUT2D eigenvalue weighted by Gasteiger charge is 2.04. The molecule has 0 aliphatic heterocycles. The predicted octanol–water partition coefficient (Wildman–Crippen LogP) is 1.06. The molecule has 0 bridgehead atoms. The van der Waals surface area contributed by atoms with Crippen LogP contribution < -0.4 is 11.0 Å².